The molecule has 0 radical (unpaired) electrons. The van der Waals surface area contributed by atoms with Crippen molar-refractivity contribution in [1.29, 1.82) is 5.26 Å². The summed E-state index contributed by atoms with van der Waals surface area (Å²) in [5.74, 6) is -0.105. The number of aromatic carboxylic acids is 1. The third-order valence-corrected chi connectivity index (χ3v) is 9.73. The largest absolute Gasteiger partial charge is 0.493 e. The fraction of sp³-hybridized carbons (Fsp3) is 0.341. The van der Waals surface area contributed by atoms with Gasteiger partial charge in [0.25, 0.3) is 0 Å². The van der Waals surface area contributed by atoms with Gasteiger partial charge in [0.2, 0.25) is 0 Å². The normalized spacial score (nSPS) is 12.7. The van der Waals surface area contributed by atoms with Gasteiger partial charge in [-0.05, 0) is 73.5 Å². The second-order valence-electron chi connectivity index (χ2n) is 13.3. The summed E-state index contributed by atoms with van der Waals surface area (Å²) in [5.41, 5.74) is 7.13. The third kappa shape index (κ3) is 8.66. The molecule has 7 rings (SSSR count). The van der Waals surface area contributed by atoms with Crippen molar-refractivity contribution in [3.05, 3.63) is 119 Å². The number of benzene rings is 4. The lowest BCUT2D eigenvalue weighted by molar-refractivity contribution is 0.0683. The quantitative estimate of drug-likeness (QED) is 0.121. The Hall–Kier alpha value is -5.47. The first-order chi connectivity index (χ1) is 26.4. The summed E-state index contributed by atoms with van der Waals surface area (Å²) in [7, 11) is 1.91. The van der Waals surface area contributed by atoms with Crippen molar-refractivity contribution in [2.75, 3.05) is 26.3 Å². The molecule has 0 saturated heterocycles. The van der Waals surface area contributed by atoms with E-state index in [1.54, 1.807) is 12.1 Å². The SMILES string of the molecule is CCNCC.Cn1nc(COCc2ccc(C#N)cc2)c2c1COCCCCn1c(C(=O)O)c(CCCOc3cccc4ccccc34)c3cccc-2c31. The average Bonchev–Trinajstić information content (AvgIpc) is 3.67. The molecule has 6 aromatic rings. The summed E-state index contributed by atoms with van der Waals surface area (Å²) in [4.78, 5) is 13.0. The number of hydrogen-bond donors (Lipinski definition) is 2. The van der Waals surface area contributed by atoms with E-state index in [9.17, 15) is 9.90 Å². The first kappa shape index (κ1) is 38.3. The smallest absolute Gasteiger partial charge is 0.352 e. The van der Waals surface area contributed by atoms with Crippen LogP contribution >= 0.6 is 0 Å². The molecule has 0 atom stereocenters. The maximum atomic E-state index is 13.0. The molecule has 0 unspecified atom stereocenters. The summed E-state index contributed by atoms with van der Waals surface area (Å²) in [6.45, 7) is 8.98. The minimum atomic E-state index is -0.935. The molecule has 10 heteroatoms. The molecule has 0 saturated carbocycles. The number of aromatic nitrogens is 3. The van der Waals surface area contributed by atoms with Crippen LogP contribution in [0.25, 0.3) is 32.8 Å². The Morgan fingerprint density at radius 2 is 1.72 bits per heavy atom. The molecule has 54 heavy (non-hydrogen) atoms. The number of rotatable bonds is 12. The molecule has 0 amide bonds. The van der Waals surface area contributed by atoms with Crippen LogP contribution in [0.1, 0.15) is 71.7 Å². The Bertz CT molecular complexity index is 2220. The standard InChI is InChI=1S/C40H38N4O5.C4H11N/c1-43-35-26-47-21-5-4-20-44-38-31(12-7-13-33(38)37(35)34(42-43)25-48-24-28-18-16-27(23-41)17-19-28)32(39(44)40(45)46)14-8-22-49-36-15-6-10-29-9-2-3-11-30(29)36;1-3-5-4-2/h2-3,6-7,9-13,15-19H,4-5,8,14,20-22,24-26H2,1H3,(H,45,46);5H,3-4H2,1-2H3. The van der Waals surface area contributed by atoms with Gasteiger partial charge in [0, 0.05) is 42.1 Å². The molecule has 1 aliphatic heterocycles. The molecule has 10 nitrogen and oxygen atoms in total. The van der Waals surface area contributed by atoms with Crippen molar-refractivity contribution < 1.29 is 24.1 Å². The van der Waals surface area contributed by atoms with Crippen LogP contribution in [0.4, 0.5) is 0 Å². The van der Waals surface area contributed by atoms with E-state index in [1.165, 1.54) is 0 Å². The third-order valence-electron chi connectivity index (χ3n) is 9.73. The van der Waals surface area contributed by atoms with Crippen LogP contribution < -0.4 is 10.1 Å². The second-order valence-corrected chi connectivity index (χ2v) is 13.3. The lowest BCUT2D eigenvalue weighted by Crippen LogP contribution is -2.12. The summed E-state index contributed by atoms with van der Waals surface area (Å²) in [6, 6.07) is 29.8. The number of ether oxygens (including phenoxy) is 3. The summed E-state index contributed by atoms with van der Waals surface area (Å²) in [6.07, 6.45) is 2.82. The van der Waals surface area contributed by atoms with E-state index < -0.39 is 5.97 Å². The van der Waals surface area contributed by atoms with Crippen molar-refractivity contribution in [2.45, 2.75) is 65.9 Å². The summed E-state index contributed by atoms with van der Waals surface area (Å²) >= 11 is 0. The van der Waals surface area contributed by atoms with Gasteiger partial charge >= 0.3 is 5.97 Å². The van der Waals surface area contributed by atoms with Crippen molar-refractivity contribution in [3.8, 4) is 22.9 Å². The number of fused-ring (bicyclic) bond motifs is 3. The molecule has 0 fully saturated rings. The Morgan fingerprint density at radius 3 is 2.48 bits per heavy atom. The number of hydrogen-bond acceptors (Lipinski definition) is 7. The Kier molecular flexibility index (Phi) is 13.1. The molecule has 2 aromatic heterocycles. The molecule has 4 aromatic carbocycles. The Balaban J connectivity index is 0.000000934. The molecular weight excluding hydrogens is 679 g/mol. The number of para-hydroxylation sites is 1. The van der Waals surface area contributed by atoms with Crippen molar-refractivity contribution >= 4 is 27.6 Å². The van der Waals surface area contributed by atoms with E-state index in [0.29, 0.717) is 57.1 Å². The number of carboxylic acids is 1. The monoisotopic (exact) mass is 727 g/mol. The van der Waals surface area contributed by atoms with E-state index in [0.717, 1.165) is 87.0 Å². The second kappa shape index (κ2) is 18.5. The van der Waals surface area contributed by atoms with Crippen LogP contribution in [-0.4, -0.2) is 51.7 Å². The highest BCUT2D eigenvalue weighted by molar-refractivity contribution is 6.04. The average molecular weight is 728 g/mol. The molecule has 0 bridgehead atoms. The van der Waals surface area contributed by atoms with E-state index in [-0.39, 0.29) is 6.61 Å². The minimum absolute atomic E-state index is 0.254. The molecule has 3 heterocycles. The highest BCUT2D eigenvalue weighted by atomic mass is 16.5. The lowest BCUT2D eigenvalue weighted by Gasteiger charge is -2.13. The minimum Gasteiger partial charge on any atom is -0.493 e. The van der Waals surface area contributed by atoms with Gasteiger partial charge in [0.1, 0.15) is 11.4 Å². The van der Waals surface area contributed by atoms with E-state index in [1.807, 2.05) is 64.8 Å². The molecular formula is C44H49N5O5. The molecule has 2 N–H and O–H groups in total. The van der Waals surface area contributed by atoms with E-state index in [4.69, 9.17) is 24.6 Å². The van der Waals surface area contributed by atoms with Crippen LogP contribution in [0.15, 0.2) is 84.9 Å². The van der Waals surface area contributed by atoms with Gasteiger partial charge < -0.3 is 29.2 Å². The molecule has 1 aliphatic rings. The fourth-order valence-corrected chi connectivity index (χ4v) is 7.19. The van der Waals surface area contributed by atoms with Crippen LogP contribution in [0.3, 0.4) is 0 Å². The maximum Gasteiger partial charge on any atom is 0.352 e. The van der Waals surface area contributed by atoms with Gasteiger partial charge in [-0.2, -0.15) is 10.4 Å². The highest BCUT2D eigenvalue weighted by Crippen LogP contribution is 2.39. The van der Waals surface area contributed by atoms with Crippen LogP contribution in [0, 0.1) is 11.3 Å². The number of nitriles is 1. The van der Waals surface area contributed by atoms with Crippen molar-refractivity contribution in [1.82, 2.24) is 19.7 Å². The maximum absolute atomic E-state index is 13.0. The Labute approximate surface area is 316 Å². The van der Waals surface area contributed by atoms with Gasteiger partial charge in [-0.3, -0.25) is 4.68 Å². The summed E-state index contributed by atoms with van der Waals surface area (Å²) < 4.78 is 22.4. The number of nitrogens with zero attached hydrogens (tertiary/aromatic N) is 4. The first-order valence-electron chi connectivity index (χ1n) is 18.8. The van der Waals surface area contributed by atoms with Crippen LogP contribution in [-0.2, 0) is 49.3 Å². The fourth-order valence-electron chi connectivity index (χ4n) is 7.19. The zero-order chi connectivity index (χ0) is 37.9. The number of nitrogens with one attached hydrogen (secondary N) is 1. The topological polar surface area (TPSA) is 124 Å². The van der Waals surface area contributed by atoms with Crippen molar-refractivity contribution in [3.63, 3.8) is 0 Å². The van der Waals surface area contributed by atoms with E-state index >= 15 is 0 Å². The van der Waals surface area contributed by atoms with Crippen molar-refractivity contribution in [2.24, 2.45) is 7.05 Å². The number of carbonyl (C=O) groups is 1. The molecule has 0 aliphatic carbocycles. The predicted molar refractivity (Wildman–Crippen MR) is 212 cm³/mol. The zero-order valence-corrected chi connectivity index (χ0v) is 31.4. The number of carboxylic acid groups (broad SMARTS) is 1. The van der Waals surface area contributed by atoms with Gasteiger partial charge in [-0.1, -0.05) is 80.6 Å². The number of aryl methyl sites for hydroxylation is 3. The van der Waals surface area contributed by atoms with Gasteiger partial charge in [-0.15, -0.1) is 0 Å². The zero-order valence-electron chi connectivity index (χ0n) is 31.4. The molecule has 0 spiro atoms. The van der Waals surface area contributed by atoms with Crippen LogP contribution in [0.5, 0.6) is 5.75 Å². The van der Waals surface area contributed by atoms with E-state index in [2.05, 4.69) is 49.5 Å². The molecule has 280 valence electrons. The van der Waals surface area contributed by atoms with Gasteiger partial charge in [-0.25, -0.2) is 4.79 Å². The van der Waals surface area contributed by atoms with Crippen LogP contribution in [0.2, 0.25) is 0 Å². The Morgan fingerprint density at radius 1 is 0.963 bits per heavy atom. The summed E-state index contributed by atoms with van der Waals surface area (Å²) in [5, 5.41) is 30.9. The van der Waals surface area contributed by atoms with Gasteiger partial charge in [0.05, 0.1) is 55.0 Å². The lowest BCUT2D eigenvalue weighted by atomic mass is 9.98. The first-order valence-corrected chi connectivity index (χ1v) is 18.8. The van der Waals surface area contributed by atoms with Gasteiger partial charge in [0.15, 0.2) is 0 Å². The predicted octanol–water partition coefficient (Wildman–Crippen LogP) is 8.42. The highest BCUT2D eigenvalue weighted by Gasteiger charge is 2.28.